The molecule has 0 aliphatic rings. The van der Waals surface area contributed by atoms with Crippen LogP contribution in [0.15, 0.2) is 12.1 Å². The number of rotatable bonds is 4. The molecule has 0 fully saturated rings. The van der Waals surface area contributed by atoms with Crippen LogP contribution >= 0.6 is 0 Å². The van der Waals surface area contributed by atoms with Gasteiger partial charge in [-0.3, -0.25) is 4.79 Å². The minimum atomic E-state index is 0.327. The molecule has 0 saturated heterocycles. The smallest absolute Gasteiger partial charge is 0.150 e. The second-order valence-electron chi connectivity index (χ2n) is 4.65. The van der Waals surface area contributed by atoms with E-state index >= 15 is 0 Å². The average molecular weight is 220 g/mol. The maximum atomic E-state index is 11.2. The summed E-state index contributed by atoms with van der Waals surface area (Å²) in [5.41, 5.74) is 2.96. The van der Waals surface area contributed by atoms with Gasteiger partial charge < -0.3 is 4.74 Å². The quantitative estimate of drug-likeness (QED) is 0.722. The Morgan fingerprint density at radius 3 is 1.75 bits per heavy atom. The molecule has 88 valence electrons. The van der Waals surface area contributed by atoms with Crippen molar-refractivity contribution in [3.63, 3.8) is 0 Å². The topological polar surface area (TPSA) is 26.3 Å². The monoisotopic (exact) mass is 220 g/mol. The minimum Gasteiger partial charge on any atom is -0.497 e. The van der Waals surface area contributed by atoms with Crippen LogP contribution < -0.4 is 4.74 Å². The Kier molecular flexibility index (Phi) is 4.11. The highest BCUT2D eigenvalue weighted by Gasteiger charge is 2.15. The van der Waals surface area contributed by atoms with E-state index in [1.54, 1.807) is 7.11 Å². The normalized spacial score (nSPS) is 10.9. The Balaban J connectivity index is 3.46. The summed E-state index contributed by atoms with van der Waals surface area (Å²) >= 11 is 0. The fraction of sp³-hybridized carbons (Fsp3) is 0.500. The summed E-state index contributed by atoms with van der Waals surface area (Å²) in [6.07, 6.45) is 0.962. The van der Waals surface area contributed by atoms with E-state index in [2.05, 4.69) is 27.7 Å². The first kappa shape index (κ1) is 12.8. The first-order chi connectivity index (χ1) is 7.51. The zero-order chi connectivity index (χ0) is 12.3. The number of carbonyl (C=O) groups is 1. The Hall–Kier alpha value is -1.31. The Bertz CT molecular complexity index is 349. The third-order valence-electron chi connectivity index (χ3n) is 2.82. The van der Waals surface area contributed by atoms with Crippen LogP contribution in [-0.2, 0) is 0 Å². The van der Waals surface area contributed by atoms with Crippen molar-refractivity contribution < 1.29 is 9.53 Å². The van der Waals surface area contributed by atoms with E-state index < -0.39 is 0 Å². The van der Waals surface area contributed by atoms with Gasteiger partial charge in [0.25, 0.3) is 0 Å². The molecule has 1 aromatic carbocycles. The summed E-state index contributed by atoms with van der Waals surface area (Å²) in [5, 5.41) is 0. The summed E-state index contributed by atoms with van der Waals surface area (Å²) in [7, 11) is 1.66. The summed E-state index contributed by atoms with van der Waals surface area (Å²) in [5.74, 6) is 1.48. The van der Waals surface area contributed by atoms with Gasteiger partial charge in [-0.25, -0.2) is 0 Å². The van der Waals surface area contributed by atoms with Crippen LogP contribution in [0.1, 0.15) is 61.0 Å². The summed E-state index contributed by atoms with van der Waals surface area (Å²) in [6.45, 7) is 8.36. The number of aldehydes is 1. The van der Waals surface area contributed by atoms with Gasteiger partial charge in [-0.05, 0) is 35.1 Å². The maximum Gasteiger partial charge on any atom is 0.150 e. The second-order valence-corrected chi connectivity index (χ2v) is 4.65. The highest BCUT2D eigenvalue weighted by molar-refractivity contribution is 5.81. The van der Waals surface area contributed by atoms with Crippen molar-refractivity contribution >= 4 is 6.29 Å². The van der Waals surface area contributed by atoms with Crippen molar-refractivity contribution in [1.29, 1.82) is 0 Å². The Morgan fingerprint density at radius 1 is 1.06 bits per heavy atom. The molecule has 0 aliphatic heterocycles. The molecule has 2 heteroatoms. The lowest BCUT2D eigenvalue weighted by Gasteiger charge is -2.17. The van der Waals surface area contributed by atoms with Crippen molar-refractivity contribution in [1.82, 2.24) is 0 Å². The third-order valence-corrected chi connectivity index (χ3v) is 2.82. The zero-order valence-corrected chi connectivity index (χ0v) is 10.7. The number of ether oxygens (including phenoxy) is 1. The lowest BCUT2D eigenvalue weighted by atomic mass is 9.89. The standard InChI is InChI=1S/C14H20O2/c1-9(2)12-6-11(16-5)7-13(10(3)4)14(12)8-15/h6-10H,1-5H3. The predicted octanol–water partition coefficient (Wildman–Crippen LogP) is 3.75. The lowest BCUT2D eigenvalue weighted by molar-refractivity contribution is 0.112. The molecule has 0 unspecified atom stereocenters. The number of carbonyl (C=O) groups excluding carboxylic acids is 1. The van der Waals surface area contributed by atoms with E-state index in [0.717, 1.165) is 28.7 Å². The lowest BCUT2D eigenvalue weighted by Crippen LogP contribution is -2.03. The molecule has 0 atom stereocenters. The molecule has 0 aliphatic carbocycles. The van der Waals surface area contributed by atoms with E-state index in [9.17, 15) is 4.79 Å². The van der Waals surface area contributed by atoms with Crippen molar-refractivity contribution in [3.8, 4) is 5.75 Å². The van der Waals surface area contributed by atoms with Gasteiger partial charge in [0.1, 0.15) is 5.75 Å². The predicted molar refractivity (Wildman–Crippen MR) is 66.6 cm³/mol. The molecule has 0 saturated carbocycles. The maximum absolute atomic E-state index is 11.2. The van der Waals surface area contributed by atoms with E-state index in [1.165, 1.54) is 0 Å². The van der Waals surface area contributed by atoms with Crippen molar-refractivity contribution in [2.45, 2.75) is 39.5 Å². The van der Waals surface area contributed by atoms with Crippen LogP contribution in [0.5, 0.6) is 5.75 Å². The first-order valence-corrected chi connectivity index (χ1v) is 5.68. The number of methoxy groups -OCH3 is 1. The average Bonchev–Trinajstić information content (AvgIpc) is 2.26. The van der Waals surface area contributed by atoms with E-state index in [4.69, 9.17) is 4.74 Å². The minimum absolute atomic E-state index is 0.327. The van der Waals surface area contributed by atoms with Crippen LogP contribution in [0.3, 0.4) is 0 Å². The SMILES string of the molecule is COc1cc(C(C)C)c(C=O)c(C(C)C)c1. The molecule has 2 nitrogen and oxygen atoms in total. The first-order valence-electron chi connectivity index (χ1n) is 5.68. The highest BCUT2D eigenvalue weighted by Crippen LogP contribution is 2.31. The highest BCUT2D eigenvalue weighted by atomic mass is 16.5. The van der Waals surface area contributed by atoms with Crippen molar-refractivity contribution in [3.05, 3.63) is 28.8 Å². The van der Waals surface area contributed by atoms with Crippen LogP contribution in [-0.4, -0.2) is 13.4 Å². The van der Waals surface area contributed by atoms with E-state index in [-0.39, 0.29) is 0 Å². The second kappa shape index (κ2) is 5.15. The van der Waals surface area contributed by atoms with Crippen LogP contribution in [0.4, 0.5) is 0 Å². The number of hydrogen-bond acceptors (Lipinski definition) is 2. The summed E-state index contributed by atoms with van der Waals surface area (Å²) in [4.78, 5) is 11.2. The fourth-order valence-electron chi connectivity index (χ4n) is 1.88. The van der Waals surface area contributed by atoms with Gasteiger partial charge in [0, 0.05) is 5.56 Å². The summed E-state index contributed by atoms with van der Waals surface area (Å²) in [6, 6.07) is 3.92. The van der Waals surface area contributed by atoms with Gasteiger partial charge in [-0.2, -0.15) is 0 Å². The molecule has 0 bridgehead atoms. The Morgan fingerprint density at radius 2 is 1.50 bits per heavy atom. The van der Waals surface area contributed by atoms with Crippen LogP contribution in [0, 0.1) is 0 Å². The molecule has 16 heavy (non-hydrogen) atoms. The zero-order valence-electron chi connectivity index (χ0n) is 10.7. The largest absolute Gasteiger partial charge is 0.497 e. The van der Waals surface area contributed by atoms with Gasteiger partial charge in [-0.1, -0.05) is 27.7 Å². The van der Waals surface area contributed by atoms with Crippen molar-refractivity contribution in [2.24, 2.45) is 0 Å². The van der Waals surface area contributed by atoms with Crippen LogP contribution in [0.25, 0.3) is 0 Å². The van der Waals surface area contributed by atoms with E-state index in [0.29, 0.717) is 11.8 Å². The van der Waals surface area contributed by atoms with Crippen LogP contribution in [0.2, 0.25) is 0 Å². The number of benzene rings is 1. The molecular formula is C14H20O2. The molecule has 0 heterocycles. The van der Waals surface area contributed by atoms with Gasteiger partial charge in [0.2, 0.25) is 0 Å². The van der Waals surface area contributed by atoms with Gasteiger partial charge in [0.15, 0.2) is 6.29 Å². The van der Waals surface area contributed by atoms with Gasteiger partial charge in [-0.15, -0.1) is 0 Å². The van der Waals surface area contributed by atoms with Crippen molar-refractivity contribution in [2.75, 3.05) is 7.11 Å². The molecule has 0 spiro atoms. The van der Waals surface area contributed by atoms with Gasteiger partial charge >= 0.3 is 0 Å². The molecule has 0 amide bonds. The molecule has 0 aromatic heterocycles. The fourth-order valence-corrected chi connectivity index (χ4v) is 1.88. The van der Waals surface area contributed by atoms with E-state index in [1.807, 2.05) is 12.1 Å². The summed E-state index contributed by atoms with van der Waals surface area (Å²) < 4.78 is 5.28. The Labute approximate surface area is 97.6 Å². The third kappa shape index (κ3) is 2.43. The molecule has 1 rings (SSSR count). The molecule has 0 N–H and O–H groups in total. The molecule has 1 aromatic rings. The number of hydrogen-bond donors (Lipinski definition) is 0. The molecular weight excluding hydrogens is 200 g/mol. The molecule has 0 radical (unpaired) electrons. The van der Waals surface area contributed by atoms with Gasteiger partial charge in [0.05, 0.1) is 7.11 Å².